The zero-order valence-corrected chi connectivity index (χ0v) is 24.1. The smallest absolute Gasteiger partial charge is 0.416 e. The summed E-state index contributed by atoms with van der Waals surface area (Å²) in [6.45, 7) is 5.50. The first-order valence-electron chi connectivity index (χ1n) is 13.8. The van der Waals surface area contributed by atoms with Gasteiger partial charge in [-0.3, -0.25) is 14.5 Å². The lowest BCUT2D eigenvalue weighted by molar-refractivity contribution is -0.142. The van der Waals surface area contributed by atoms with Gasteiger partial charge in [0.15, 0.2) is 5.78 Å². The molecular formula is C29H31F4N5O3S. The van der Waals surface area contributed by atoms with E-state index >= 15 is 0 Å². The number of likely N-dealkylation sites (tertiary alicyclic amines) is 1. The molecule has 1 atom stereocenters. The number of alkyl halides is 3. The van der Waals surface area contributed by atoms with Gasteiger partial charge in [-0.25, -0.2) is 19.3 Å². The van der Waals surface area contributed by atoms with Crippen LogP contribution in [0.4, 0.5) is 23.4 Å². The van der Waals surface area contributed by atoms with Crippen molar-refractivity contribution in [2.24, 2.45) is 5.92 Å². The first kappa shape index (κ1) is 30.0. The number of nitrogens with zero attached hydrogens (tertiary/aromatic N) is 5. The second-order valence-corrected chi connectivity index (χ2v) is 12.1. The van der Waals surface area contributed by atoms with Crippen LogP contribution in [0.25, 0.3) is 11.3 Å². The van der Waals surface area contributed by atoms with Gasteiger partial charge in [0.2, 0.25) is 0 Å². The van der Waals surface area contributed by atoms with Crippen LogP contribution in [0.5, 0.6) is 0 Å². The molecule has 2 saturated heterocycles. The summed E-state index contributed by atoms with van der Waals surface area (Å²) in [7, 11) is 0. The Balaban J connectivity index is 1.38. The van der Waals surface area contributed by atoms with Gasteiger partial charge in [0.25, 0.3) is 0 Å². The molecule has 3 aromatic rings. The normalized spacial score (nSPS) is 18.5. The molecule has 0 amide bonds. The third kappa shape index (κ3) is 6.46. The number of aliphatic carboxylic acids is 1. The molecule has 2 aliphatic rings. The highest BCUT2D eigenvalue weighted by Crippen LogP contribution is 2.38. The largest absolute Gasteiger partial charge is 0.481 e. The van der Waals surface area contributed by atoms with Crippen LogP contribution in [0, 0.1) is 18.7 Å². The third-order valence-electron chi connectivity index (χ3n) is 8.11. The molecular weight excluding hydrogens is 574 g/mol. The molecule has 42 heavy (non-hydrogen) atoms. The number of aromatic nitrogens is 3. The Bertz CT molecular complexity index is 1470. The molecule has 0 spiro atoms. The minimum Gasteiger partial charge on any atom is -0.481 e. The van der Waals surface area contributed by atoms with Gasteiger partial charge in [-0.2, -0.15) is 13.2 Å². The second kappa shape index (κ2) is 12.0. The average Bonchev–Trinajstić information content (AvgIpc) is 3.55. The predicted molar refractivity (Wildman–Crippen MR) is 149 cm³/mol. The molecule has 224 valence electrons. The zero-order chi connectivity index (χ0) is 30.2. The fourth-order valence-electron chi connectivity index (χ4n) is 5.54. The van der Waals surface area contributed by atoms with Crippen LogP contribution in [-0.2, 0) is 23.9 Å². The summed E-state index contributed by atoms with van der Waals surface area (Å²) in [5, 5.41) is 9.59. The number of carbonyl (C=O) groups excluding carboxylic acids is 1. The quantitative estimate of drug-likeness (QED) is 0.255. The van der Waals surface area contributed by atoms with Gasteiger partial charge in [0.05, 0.1) is 36.0 Å². The summed E-state index contributed by atoms with van der Waals surface area (Å²) in [5.41, 5.74) is -1.13. The Morgan fingerprint density at radius 2 is 1.83 bits per heavy atom. The highest BCUT2D eigenvalue weighted by atomic mass is 32.1. The van der Waals surface area contributed by atoms with Gasteiger partial charge < -0.3 is 10.0 Å². The number of carboxylic acids is 1. The molecule has 0 saturated carbocycles. The summed E-state index contributed by atoms with van der Waals surface area (Å²) in [4.78, 5) is 42.3. The number of piperidine rings is 1. The van der Waals surface area contributed by atoms with E-state index in [1.165, 1.54) is 23.7 Å². The molecule has 8 nitrogen and oxygen atoms in total. The number of benzene rings is 1. The molecule has 0 radical (unpaired) electrons. The van der Waals surface area contributed by atoms with Crippen molar-refractivity contribution in [1.82, 2.24) is 19.9 Å². The Labute approximate surface area is 244 Å². The van der Waals surface area contributed by atoms with Crippen molar-refractivity contribution in [3.8, 4) is 11.3 Å². The van der Waals surface area contributed by atoms with Crippen LogP contribution in [0.2, 0.25) is 0 Å². The van der Waals surface area contributed by atoms with Gasteiger partial charge in [-0.05, 0) is 63.8 Å². The summed E-state index contributed by atoms with van der Waals surface area (Å²) in [5.74, 6) is -1.96. The lowest BCUT2D eigenvalue weighted by Crippen LogP contribution is -2.36. The van der Waals surface area contributed by atoms with E-state index in [2.05, 4.69) is 26.8 Å². The van der Waals surface area contributed by atoms with Crippen molar-refractivity contribution in [1.29, 1.82) is 0 Å². The number of hydrogen-bond donors (Lipinski definition) is 1. The summed E-state index contributed by atoms with van der Waals surface area (Å²) in [6, 6.07) is 2.29. The molecule has 5 rings (SSSR count). The summed E-state index contributed by atoms with van der Waals surface area (Å²) < 4.78 is 55.7. The van der Waals surface area contributed by atoms with E-state index in [4.69, 9.17) is 0 Å². The van der Waals surface area contributed by atoms with E-state index in [9.17, 15) is 32.3 Å². The molecule has 4 heterocycles. The molecule has 1 aromatic carbocycles. The van der Waals surface area contributed by atoms with E-state index in [1.54, 1.807) is 0 Å². The number of anilines is 1. The zero-order valence-electron chi connectivity index (χ0n) is 23.2. The van der Waals surface area contributed by atoms with E-state index in [0.29, 0.717) is 48.2 Å². The Hall–Kier alpha value is -3.45. The fourth-order valence-corrected chi connectivity index (χ4v) is 6.66. The van der Waals surface area contributed by atoms with Gasteiger partial charge in [0, 0.05) is 36.1 Å². The molecule has 2 aromatic heterocycles. The maximum absolute atomic E-state index is 14.7. The fraction of sp³-hybridized carbons (Fsp3) is 0.483. The van der Waals surface area contributed by atoms with Crippen molar-refractivity contribution >= 4 is 28.9 Å². The Kier molecular flexibility index (Phi) is 8.61. The topological polar surface area (TPSA) is 99.5 Å². The maximum Gasteiger partial charge on any atom is 0.416 e. The SMILES string of the molecule is Cc1c(F)cc(-c2nc(CC(=O)c3cnc(N4CCC(C(=O)O)CC4)cn3)sc2CN2CCC[C@H]2C)cc1C(F)(F)F. The highest BCUT2D eigenvalue weighted by Gasteiger charge is 2.35. The monoisotopic (exact) mass is 605 g/mol. The highest BCUT2D eigenvalue weighted by molar-refractivity contribution is 7.12. The minimum absolute atomic E-state index is 0.0260. The average molecular weight is 606 g/mol. The first-order valence-corrected chi connectivity index (χ1v) is 14.7. The standard InChI is InChI=1S/C29H31F4N5O3S/c1-16-4-3-7-38(16)15-24-27(19-10-20(29(31,32)33)17(2)21(30)11-19)36-26(42-24)12-23(39)22-13-35-25(14-34-22)37-8-5-18(6-9-37)28(40)41/h10-11,13-14,16,18H,3-9,12,15H2,1-2H3,(H,40,41)/t16-/m1/s1. The first-order chi connectivity index (χ1) is 19.9. The number of thiazole rings is 1. The van der Waals surface area contributed by atoms with E-state index < -0.39 is 29.1 Å². The van der Waals surface area contributed by atoms with Crippen LogP contribution in [0.15, 0.2) is 24.5 Å². The van der Waals surface area contributed by atoms with E-state index in [0.717, 1.165) is 38.4 Å². The Morgan fingerprint density at radius 3 is 2.43 bits per heavy atom. The maximum atomic E-state index is 14.7. The van der Waals surface area contributed by atoms with E-state index in [1.807, 2.05) is 4.90 Å². The minimum atomic E-state index is -4.73. The molecule has 0 aliphatic carbocycles. The molecule has 2 aliphatic heterocycles. The predicted octanol–water partition coefficient (Wildman–Crippen LogP) is 5.78. The van der Waals surface area contributed by atoms with Gasteiger partial charge in [-0.15, -0.1) is 11.3 Å². The number of Topliss-reactive ketones (excluding diaryl/α,β-unsaturated/α-hetero) is 1. The second-order valence-electron chi connectivity index (χ2n) is 10.9. The summed E-state index contributed by atoms with van der Waals surface area (Å²) >= 11 is 1.24. The van der Waals surface area contributed by atoms with Crippen molar-refractivity contribution in [3.05, 3.63) is 57.0 Å². The molecule has 1 N–H and O–H groups in total. The molecule has 13 heteroatoms. The van der Waals surface area contributed by atoms with Crippen LogP contribution < -0.4 is 4.90 Å². The van der Waals surface area contributed by atoms with Gasteiger partial charge in [0.1, 0.15) is 22.3 Å². The number of rotatable bonds is 8. The lowest BCUT2D eigenvalue weighted by Gasteiger charge is -2.30. The third-order valence-corrected chi connectivity index (χ3v) is 9.15. The van der Waals surface area contributed by atoms with Crippen LogP contribution in [0.1, 0.15) is 64.1 Å². The molecule has 2 fully saturated rings. The molecule has 0 unspecified atom stereocenters. The lowest BCUT2D eigenvalue weighted by atomic mass is 9.97. The van der Waals surface area contributed by atoms with Crippen LogP contribution in [0.3, 0.4) is 0 Å². The number of carboxylic acid groups (broad SMARTS) is 1. The number of carbonyl (C=O) groups is 2. The van der Waals surface area contributed by atoms with Crippen molar-refractivity contribution in [2.75, 3.05) is 24.5 Å². The van der Waals surface area contributed by atoms with Gasteiger partial charge >= 0.3 is 12.1 Å². The number of ketones is 1. The van der Waals surface area contributed by atoms with Crippen molar-refractivity contribution in [2.45, 2.75) is 64.7 Å². The number of halogens is 4. The Morgan fingerprint density at radius 1 is 1.10 bits per heavy atom. The summed E-state index contributed by atoms with van der Waals surface area (Å²) in [6.07, 6.45) is 0.994. The van der Waals surface area contributed by atoms with Crippen LogP contribution in [-0.4, -0.2) is 62.4 Å². The van der Waals surface area contributed by atoms with Crippen LogP contribution >= 0.6 is 11.3 Å². The van der Waals surface area contributed by atoms with Crippen molar-refractivity contribution in [3.63, 3.8) is 0 Å². The number of hydrogen-bond acceptors (Lipinski definition) is 8. The van der Waals surface area contributed by atoms with E-state index in [-0.39, 0.29) is 41.1 Å². The van der Waals surface area contributed by atoms with Crippen molar-refractivity contribution < 1.29 is 32.3 Å². The van der Waals surface area contributed by atoms with Gasteiger partial charge in [-0.1, -0.05) is 0 Å². The molecule has 0 bridgehead atoms.